The quantitative estimate of drug-likeness (QED) is 0.591. The standard InChI is InChI=1S/C12H9BrF2N4O/c13-7-4-6(14)5-8(15)11(7)18-12(20)9-2-1-3-10(17-9)19-16/h1-5H,16H2,(H,17,19)(H,18,20). The molecule has 0 atom stereocenters. The molecule has 1 heterocycles. The van der Waals surface area contributed by atoms with E-state index in [0.29, 0.717) is 6.07 Å². The number of nitrogens with two attached hydrogens (primary N) is 1. The lowest BCUT2D eigenvalue weighted by atomic mass is 10.2. The summed E-state index contributed by atoms with van der Waals surface area (Å²) >= 11 is 2.98. The number of carbonyl (C=O) groups excluding carboxylic acids is 1. The predicted molar refractivity (Wildman–Crippen MR) is 74.1 cm³/mol. The zero-order valence-electron chi connectivity index (χ0n) is 9.95. The van der Waals surface area contributed by atoms with Crippen molar-refractivity contribution in [3.05, 3.63) is 52.1 Å². The molecule has 1 aromatic heterocycles. The highest BCUT2D eigenvalue weighted by molar-refractivity contribution is 9.10. The van der Waals surface area contributed by atoms with Crippen LogP contribution >= 0.6 is 15.9 Å². The fraction of sp³-hybridized carbons (Fsp3) is 0. The third-order valence-electron chi connectivity index (χ3n) is 2.38. The van der Waals surface area contributed by atoms with Gasteiger partial charge < -0.3 is 10.7 Å². The molecular weight excluding hydrogens is 334 g/mol. The number of aromatic nitrogens is 1. The lowest BCUT2D eigenvalue weighted by molar-refractivity contribution is 0.102. The molecule has 104 valence electrons. The minimum Gasteiger partial charge on any atom is -0.317 e. The van der Waals surface area contributed by atoms with E-state index in [1.54, 1.807) is 12.1 Å². The Labute approximate surface area is 121 Å². The second-order valence-electron chi connectivity index (χ2n) is 3.75. The number of halogens is 3. The molecule has 0 saturated carbocycles. The van der Waals surface area contributed by atoms with Crippen molar-refractivity contribution >= 4 is 33.3 Å². The van der Waals surface area contributed by atoms with Gasteiger partial charge in [0.1, 0.15) is 17.3 Å². The molecule has 0 unspecified atom stereocenters. The SMILES string of the molecule is NNc1cccc(C(=O)Nc2c(F)cc(F)cc2Br)n1. The average Bonchev–Trinajstić information content (AvgIpc) is 2.42. The first kappa shape index (κ1) is 14.4. The Kier molecular flexibility index (Phi) is 4.26. The molecule has 0 spiro atoms. The minimum absolute atomic E-state index is 0.0380. The molecule has 0 bridgehead atoms. The maximum absolute atomic E-state index is 13.6. The maximum atomic E-state index is 13.6. The molecular formula is C12H9BrF2N4O. The highest BCUT2D eigenvalue weighted by atomic mass is 79.9. The van der Waals surface area contributed by atoms with Crippen molar-refractivity contribution in [1.29, 1.82) is 0 Å². The summed E-state index contributed by atoms with van der Waals surface area (Å²) in [4.78, 5) is 15.9. The van der Waals surface area contributed by atoms with Crippen LogP contribution < -0.4 is 16.6 Å². The number of nitrogens with zero attached hydrogens (tertiary/aromatic N) is 1. The van der Waals surface area contributed by atoms with E-state index in [-0.39, 0.29) is 21.7 Å². The zero-order chi connectivity index (χ0) is 14.7. The summed E-state index contributed by atoms with van der Waals surface area (Å²) in [7, 11) is 0. The van der Waals surface area contributed by atoms with Gasteiger partial charge in [-0.1, -0.05) is 6.07 Å². The lowest BCUT2D eigenvalue weighted by Gasteiger charge is -2.09. The molecule has 2 rings (SSSR count). The van der Waals surface area contributed by atoms with Crippen LogP contribution in [-0.4, -0.2) is 10.9 Å². The van der Waals surface area contributed by atoms with Gasteiger partial charge in [-0.05, 0) is 34.1 Å². The number of anilines is 2. The third-order valence-corrected chi connectivity index (χ3v) is 3.00. The fourth-order valence-electron chi connectivity index (χ4n) is 1.48. The summed E-state index contributed by atoms with van der Waals surface area (Å²) in [5, 5.41) is 2.31. The van der Waals surface area contributed by atoms with Gasteiger partial charge in [0.25, 0.3) is 5.91 Å². The first-order valence-electron chi connectivity index (χ1n) is 5.41. The Bertz CT molecular complexity index is 643. The minimum atomic E-state index is -0.890. The van der Waals surface area contributed by atoms with E-state index >= 15 is 0 Å². The molecule has 2 aromatic rings. The number of carbonyl (C=O) groups is 1. The van der Waals surface area contributed by atoms with E-state index in [1.807, 2.05) is 0 Å². The Morgan fingerprint density at radius 2 is 2.05 bits per heavy atom. The van der Waals surface area contributed by atoms with Gasteiger partial charge in [0.15, 0.2) is 5.82 Å². The number of nitrogens with one attached hydrogen (secondary N) is 2. The zero-order valence-corrected chi connectivity index (χ0v) is 11.5. The van der Waals surface area contributed by atoms with Crippen LogP contribution in [0.25, 0.3) is 0 Å². The second-order valence-corrected chi connectivity index (χ2v) is 4.61. The number of hydrogen-bond donors (Lipinski definition) is 3. The van der Waals surface area contributed by atoms with E-state index in [2.05, 4.69) is 31.7 Å². The lowest BCUT2D eigenvalue weighted by Crippen LogP contribution is -2.17. The van der Waals surface area contributed by atoms with Crippen molar-refractivity contribution < 1.29 is 13.6 Å². The molecule has 0 aliphatic rings. The molecule has 0 saturated heterocycles. The topological polar surface area (TPSA) is 80.0 Å². The van der Waals surface area contributed by atoms with Crippen molar-refractivity contribution in [2.24, 2.45) is 5.84 Å². The van der Waals surface area contributed by atoms with Crippen LogP contribution in [0, 0.1) is 11.6 Å². The Morgan fingerprint density at radius 1 is 1.30 bits per heavy atom. The van der Waals surface area contributed by atoms with Crippen LogP contribution in [0.4, 0.5) is 20.3 Å². The summed E-state index contributed by atoms with van der Waals surface area (Å²) < 4.78 is 26.6. The first-order valence-corrected chi connectivity index (χ1v) is 6.20. The van der Waals surface area contributed by atoms with Crippen LogP contribution in [0.3, 0.4) is 0 Å². The van der Waals surface area contributed by atoms with Gasteiger partial charge in [-0.2, -0.15) is 0 Å². The molecule has 0 aliphatic carbocycles. The normalized spacial score (nSPS) is 10.2. The van der Waals surface area contributed by atoms with Crippen LogP contribution in [0.15, 0.2) is 34.8 Å². The molecule has 0 aliphatic heterocycles. The number of rotatable bonds is 3. The number of nitrogen functional groups attached to an aromatic ring is 1. The highest BCUT2D eigenvalue weighted by Crippen LogP contribution is 2.27. The largest absolute Gasteiger partial charge is 0.317 e. The van der Waals surface area contributed by atoms with Crippen molar-refractivity contribution in [1.82, 2.24) is 4.98 Å². The molecule has 5 nitrogen and oxygen atoms in total. The second kappa shape index (κ2) is 5.93. The van der Waals surface area contributed by atoms with Crippen molar-refractivity contribution in [3.8, 4) is 0 Å². The summed E-state index contributed by atoms with van der Waals surface area (Å²) in [5.74, 6) is 3.19. The third kappa shape index (κ3) is 3.09. The van der Waals surface area contributed by atoms with Crippen molar-refractivity contribution in [2.45, 2.75) is 0 Å². The van der Waals surface area contributed by atoms with E-state index < -0.39 is 17.5 Å². The van der Waals surface area contributed by atoms with Gasteiger partial charge in [-0.3, -0.25) is 4.79 Å². The summed E-state index contributed by atoms with van der Waals surface area (Å²) in [6.07, 6.45) is 0. The Balaban J connectivity index is 2.28. The van der Waals surface area contributed by atoms with Crippen molar-refractivity contribution in [3.63, 3.8) is 0 Å². The number of hydrazine groups is 1. The van der Waals surface area contributed by atoms with Crippen LogP contribution in [-0.2, 0) is 0 Å². The fourth-order valence-corrected chi connectivity index (χ4v) is 1.99. The van der Waals surface area contributed by atoms with E-state index in [9.17, 15) is 13.6 Å². The Morgan fingerprint density at radius 3 is 2.70 bits per heavy atom. The molecule has 1 amide bonds. The monoisotopic (exact) mass is 342 g/mol. The molecule has 0 radical (unpaired) electrons. The summed E-state index contributed by atoms with van der Waals surface area (Å²) in [6.45, 7) is 0. The number of benzene rings is 1. The molecule has 0 fully saturated rings. The van der Waals surface area contributed by atoms with Crippen molar-refractivity contribution in [2.75, 3.05) is 10.7 Å². The van der Waals surface area contributed by atoms with E-state index in [4.69, 9.17) is 5.84 Å². The molecule has 8 heteroatoms. The van der Waals surface area contributed by atoms with E-state index in [1.165, 1.54) is 6.07 Å². The highest BCUT2D eigenvalue weighted by Gasteiger charge is 2.15. The van der Waals surface area contributed by atoms with Crippen LogP contribution in [0.5, 0.6) is 0 Å². The van der Waals surface area contributed by atoms with Gasteiger partial charge in [0, 0.05) is 10.5 Å². The van der Waals surface area contributed by atoms with Gasteiger partial charge in [-0.15, -0.1) is 0 Å². The summed E-state index contributed by atoms with van der Waals surface area (Å²) in [6, 6.07) is 6.28. The van der Waals surface area contributed by atoms with Crippen LogP contribution in [0.1, 0.15) is 10.5 Å². The Hall–Kier alpha value is -2.06. The predicted octanol–water partition coefficient (Wildman–Crippen LogP) is 2.66. The van der Waals surface area contributed by atoms with Gasteiger partial charge >= 0.3 is 0 Å². The van der Waals surface area contributed by atoms with E-state index in [0.717, 1.165) is 6.07 Å². The van der Waals surface area contributed by atoms with Crippen LogP contribution in [0.2, 0.25) is 0 Å². The van der Waals surface area contributed by atoms with Gasteiger partial charge in [0.2, 0.25) is 0 Å². The smallest absolute Gasteiger partial charge is 0.274 e. The number of amides is 1. The van der Waals surface area contributed by atoms with Gasteiger partial charge in [0.05, 0.1) is 5.69 Å². The maximum Gasteiger partial charge on any atom is 0.274 e. The molecule has 1 aromatic carbocycles. The van der Waals surface area contributed by atoms with Gasteiger partial charge in [-0.25, -0.2) is 19.6 Å². The average molecular weight is 343 g/mol. The molecule has 20 heavy (non-hydrogen) atoms. The molecule has 4 N–H and O–H groups in total. The number of hydrogen-bond acceptors (Lipinski definition) is 4. The summed E-state index contributed by atoms with van der Waals surface area (Å²) in [5.41, 5.74) is 2.17. The first-order chi connectivity index (χ1) is 9.51. The number of pyridine rings is 1.